The van der Waals surface area contributed by atoms with Gasteiger partial charge in [0.15, 0.2) is 0 Å². The van der Waals surface area contributed by atoms with Gasteiger partial charge >= 0.3 is 0 Å². The summed E-state index contributed by atoms with van der Waals surface area (Å²) < 4.78 is 5.21. The third kappa shape index (κ3) is 2.51. The molecular formula is C16H23N3O3. The van der Waals surface area contributed by atoms with E-state index in [1.807, 2.05) is 16.7 Å². The van der Waals surface area contributed by atoms with Crippen molar-refractivity contribution in [2.24, 2.45) is 5.92 Å². The molecule has 0 saturated carbocycles. The number of rotatable bonds is 2. The van der Waals surface area contributed by atoms with Gasteiger partial charge in [-0.1, -0.05) is 12.1 Å². The molecular weight excluding hydrogens is 282 g/mol. The normalized spacial score (nSPS) is 24.5. The van der Waals surface area contributed by atoms with E-state index in [1.54, 1.807) is 13.8 Å². The first-order valence-corrected chi connectivity index (χ1v) is 8.02. The molecule has 0 aromatic carbocycles. The van der Waals surface area contributed by atoms with Gasteiger partial charge in [0.25, 0.3) is 5.91 Å². The summed E-state index contributed by atoms with van der Waals surface area (Å²) in [5, 5.41) is 3.99. The fraction of sp³-hybridized carbons (Fsp3) is 0.688. The maximum absolute atomic E-state index is 13.0. The van der Waals surface area contributed by atoms with Crippen LogP contribution in [0.15, 0.2) is 4.52 Å². The largest absolute Gasteiger partial charge is 0.361 e. The van der Waals surface area contributed by atoms with Crippen LogP contribution in [0, 0.1) is 12.8 Å². The van der Waals surface area contributed by atoms with Crippen molar-refractivity contribution in [2.45, 2.75) is 46.1 Å². The smallest absolute Gasteiger partial charge is 0.259 e. The molecule has 4 heterocycles. The van der Waals surface area contributed by atoms with Crippen LogP contribution in [0.3, 0.4) is 0 Å². The predicted octanol–water partition coefficient (Wildman–Crippen LogP) is 1.63. The van der Waals surface area contributed by atoms with Crippen LogP contribution in [0.25, 0.3) is 0 Å². The van der Waals surface area contributed by atoms with E-state index in [4.69, 9.17) is 4.52 Å². The zero-order valence-corrected chi connectivity index (χ0v) is 13.5. The first-order chi connectivity index (χ1) is 10.5. The summed E-state index contributed by atoms with van der Waals surface area (Å²) >= 11 is 0. The van der Waals surface area contributed by atoms with E-state index >= 15 is 0 Å². The van der Waals surface area contributed by atoms with E-state index in [2.05, 4.69) is 5.16 Å². The van der Waals surface area contributed by atoms with Crippen molar-refractivity contribution in [3.63, 3.8) is 0 Å². The van der Waals surface area contributed by atoms with Crippen molar-refractivity contribution in [3.8, 4) is 0 Å². The van der Waals surface area contributed by atoms with Crippen LogP contribution in [-0.4, -0.2) is 52.4 Å². The summed E-state index contributed by atoms with van der Waals surface area (Å²) in [6.45, 7) is 7.50. The average molecular weight is 305 g/mol. The Balaban J connectivity index is 1.87. The molecule has 6 heteroatoms. The molecule has 2 atom stereocenters. The summed E-state index contributed by atoms with van der Waals surface area (Å²) in [5.41, 5.74) is 1.34. The van der Waals surface area contributed by atoms with E-state index in [9.17, 15) is 9.59 Å². The zero-order chi connectivity index (χ0) is 15.9. The zero-order valence-electron chi connectivity index (χ0n) is 13.5. The Bertz CT molecular complexity index is 595. The molecule has 1 aromatic rings. The van der Waals surface area contributed by atoms with Gasteiger partial charge in [0, 0.05) is 32.6 Å². The number of amides is 2. The van der Waals surface area contributed by atoms with E-state index in [0.29, 0.717) is 30.2 Å². The number of carbonyl (C=O) groups is 2. The molecule has 1 aromatic heterocycles. The van der Waals surface area contributed by atoms with Gasteiger partial charge < -0.3 is 14.3 Å². The van der Waals surface area contributed by atoms with Gasteiger partial charge in [0.1, 0.15) is 11.3 Å². The van der Waals surface area contributed by atoms with Crippen molar-refractivity contribution in [1.82, 2.24) is 15.0 Å². The van der Waals surface area contributed by atoms with Gasteiger partial charge in [-0.2, -0.15) is 0 Å². The van der Waals surface area contributed by atoms with Gasteiger partial charge in [0.2, 0.25) is 5.91 Å². The molecule has 3 saturated heterocycles. The Morgan fingerprint density at radius 2 is 2.05 bits per heavy atom. The molecule has 4 rings (SSSR count). The molecule has 0 N–H and O–H groups in total. The van der Waals surface area contributed by atoms with Crippen molar-refractivity contribution >= 4 is 11.8 Å². The van der Waals surface area contributed by atoms with Crippen molar-refractivity contribution in [3.05, 3.63) is 17.0 Å². The molecule has 0 radical (unpaired) electrons. The van der Waals surface area contributed by atoms with Crippen LogP contribution in [0.1, 0.15) is 48.5 Å². The fourth-order valence-electron chi connectivity index (χ4n) is 3.66. The molecule has 3 aliphatic rings. The fourth-order valence-corrected chi connectivity index (χ4v) is 3.66. The van der Waals surface area contributed by atoms with Crippen molar-refractivity contribution < 1.29 is 14.1 Å². The number of hydrogen-bond donors (Lipinski definition) is 0. The summed E-state index contributed by atoms with van der Waals surface area (Å²) in [5.74, 6) is 1.07. The number of fused-ring (bicyclic) bond motifs is 4. The second-order valence-corrected chi connectivity index (χ2v) is 6.39. The Hall–Kier alpha value is -1.85. The maximum Gasteiger partial charge on any atom is 0.259 e. The molecule has 3 fully saturated rings. The molecule has 2 bridgehead atoms. The van der Waals surface area contributed by atoms with Gasteiger partial charge in [-0.05, 0) is 32.1 Å². The summed E-state index contributed by atoms with van der Waals surface area (Å²) in [6, 6.07) is 0.106. The number of nitrogens with zero attached hydrogens (tertiary/aromatic N) is 3. The van der Waals surface area contributed by atoms with E-state index in [0.717, 1.165) is 31.6 Å². The van der Waals surface area contributed by atoms with E-state index in [1.165, 1.54) is 0 Å². The standard InChI is InChI=1S/C16H23N3O3/c1-4-14-15(10(2)22-17-14)16(21)19-8-12-5-6-13(19)9-18(7-12)11(3)20/h12-13H,4-9H2,1-3H3/t12-,13+/m0/s1. The van der Waals surface area contributed by atoms with Gasteiger partial charge in [0.05, 0.1) is 5.69 Å². The lowest BCUT2D eigenvalue weighted by Gasteiger charge is -2.36. The quantitative estimate of drug-likeness (QED) is 0.833. The molecule has 22 heavy (non-hydrogen) atoms. The molecule has 3 aliphatic heterocycles. The Kier molecular flexibility index (Phi) is 3.93. The number of hydrogen-bond acceptors (Lipinski definition) is 4. The van der Waals surface area contributed by atoms with Crippen LogP contribution in [0.2, 0.25) is 0 Å². The third-order valence-corrected chi connectivity index (χ3v) is 4.90. The van der Waals surface area contributed by atoms with Crippen LogP contribution >= 0.6 is 0 Å². The Morgan fingerprint density at radius 3 is 2.73 bits per heavy atom. The second-order valence-electron chi connectivity index (χ2n) is 6.39. The summed E-state index contributed by atoms with van der Waals surface area (Å²) in [4.78, 5) is 28.6. The molecule has 2 amide bonds. The SMILES string of the molecule is CCc1noc(C)c1C(=O)N1C[C@H]2CC[C@@H]1CN(C(C)=O)C2. The van der Waals surface area contributed by atoms with Crippen molar-refractivity contribution in [2.75, 3.05) is 19.6 Å². The summed E-state index contributed by atoms with van der Waals surface area (Å²) in [7, 11) is 0. The number of aromatic nitrogens is 1. The Labute approximate surface area is 130 Å². The molecule has 120 valence electrons. The van der Waals surface area contributed by atoms with E-state index in [-0.39, 0.29) is 17.9 Å². The minimum atomic E-state index is 0.00991. The number of piperidine rings is 1. The minimum absolute atomic E-state index is 0.00991. The highest BCUT2D eigenvalue weighted by molar-refractivity contribution is 5.96. The lowest BCUT2D eigenvalue weighted by Crippen LogP contribution is -2.47. The van der Waals surface area contributed by atoms with Gasteiger partial charge in [-0.3, -0.25) is 9.59 Å². The highest BCUT2D eigenvalue weighted by Crippen LogP contribution is 2.30. The lowest BCUT2D eigenvalue weighted by molar-refractivity contribution is -0.129. The highest BCUT2D eigenvalue weighted by Gasteiger charge is 2.39. The Morgan fingerprint density at radius 1 is 1.27 bits per heavy atom. The first-order valence-electron chi connectivity index (χ1n) is 8.02. The molecule has 0 spiro atoms. The number of aryl methyl sites for hydroxylation is 2. The molecule has 0 aliphatic carbocycles. The van der Waals surface area contributed by atoms with Crippen molar-refractivity contribution in [1.29, 1.82) is 0 Å². The first kappa shape index (κ1) is 15.1. The highest BCUT2D eigenvalue weighted by atomic mass is 16.5. The predicted molar refractivity (Wildman–Crippen MR) is 80.4 cm³/mol. The second kappa shape index (κ2) is 5.74. The van der Waals surface area contributed by atoms with Crippen LogP contribution in [0.4, 0.5) is 0 Å². The maximum atomic E-state index is 13.0. The topological polar surface area (TPSA) is 66.7 Å². The van der Waals surface area contributed by atoms with Crippen LogP contribution in [0.5, 0.6) is 0 Å². The lowest BCUT2D eigenvalue weighted by atomic mass is 9.94. The van der Waals surface area contributed by atoms with Gasteiger partial charge in [-0.15, -0.1) is 0 Å². The van der Waals surface area contributed by atoms with Crippen LogP contribution < -0.4 is 0 Å². The average Bonchev–Trinajstić information content (AvgIpc) is 2.67. The number of carbonyl (C=O) groups excluding carboxylic acids is 2. The monoisotopic (exact) mass is 305 g/mol. The molecule has 0 unspecified atom stereocenters. The summed E-state index contributed by atoms with van der Waals surface area (Å²) in [6.07, 6.45) is 2.73. The third-order valence-electron chi connectivity index (χ3n) is 4.90. The minimum Gasteiger partial charge on any atom is -0.361 e. The van der Waals surface area contributed by atoms with Gasteiger partial charge in [-0.25, -0.2) is 0 Å². The van der Waals surface area contributed by atoms with E-state index < -0.39 is 0 Å². The van der Waals surface area contributed by atoms with Crippen LogP contribution in [-0.2, 0) is 11.2 Å². The molecule has 6 nitrogen and oxygen atoms in total.